The van der Waals surface area contributed by atoms with E-state index in [-0.39, 0.29) is 27.2 Å². The third kappa shape index (κ3) is 5.92. The molecule has 0 aliphatic rings. The van der Waals surface area contributed by atoms with E-state index in [2.05, 4.69) is 12.2 Å². The van der Waals surface area contributed by atoms with E-state index in [1.54, 1.807) is 42.5 Å². The van der Waals surface area contributed by atoms with Crippen LogP contribution >= 0.6 is 23.2 Å². The Kier molecular flexibility index (Phi) is 8.68. The van der Waals surface area contributed by atoms with Crippen LogP contribution in [0.1, 0.15) is 65.5 Å². The van der Waals surface area contributed by atoms with E-state index in [0.29, 0.717) is 34.6 Å². The molecule has 1 N–H and O–H groups in total. The van der Waals surface area contributed by atoms with Crippen LogP contribution < -0.4 is 10.1 Å². The summed E-state index contributed by atoms with van der Waals surface area (Å²) in [6.07, 6.45) is 5.53. The number of fused-ring (bicyclic) bond motifs is 1. The molecule has 0 atom stereocenters. The van der Waals surface area contributed by atoms with Gasteiger partial charge < -0.3 is 14.5 Å². The van der Waals surface area contributed by atoms with Crippen molar-refractivity contribution < 1.29 is 18.7 Å². The predicted molar refractivity (Wildman–Crippen MR) is 145 cm³/mol. The SMILES string of the molecule is CCCCCCCOc1c(Cl)cc(C(=O)Nc2c(C(=O)c3ccccc3)oc3ccccc23)cc1Cl. The van der Waals surface area contributed by atoms with E-state index in [9.17, 15) is 9.59 Å². The molecule has 3 aromatic carbocycles. The van der Waals surface area contributed by atoms with Crippen molar-refractivity contribution in [2.45, 2.75) is 39.0 Å². The van der Waals surface area contributed by atoms with Gasteiger partial charge in [-0.15, -0.1) is 0 Å². The maximum Gasteiger partial charge on any atom is 0.255 e. The van der Waals surface area contributed by atoms with E-state index >= 15 is 0 Å². The molecule has 0 bridgehead atoms. The summed E-state index contributed by atoms with van der Waals surface area (Å²) in [6.45, 7) is 2.67. The number of furan rings is 1. The molecule has 1 heterocycles. The van der Waals surface area contributed by atoms with Gasteiger partial charge in [0.2, 0.25) is 5.78 Å². The van der Waals surface area contributed by atoms with Gasteiger partial charge >= 0.3 is 0 Å². The quantitative estimate of drug-likeness (QED) is 0.158. The van der Waals surface area contributed by atoms with Crippen LogP contribution in [0.5, 0.6) is 5.75 Å². The first kappa shape index (κ1) is 25.8. The van der Waals surface area contributed by atoms with Crippen molar-refractivity contribution in [2.24, 2.45) is 0 Å². The molecule has 4 rings (SSSR count). The molecule has 1 amide bonds. The Labute approximate surface area is 220 Å². The van der Waals surface area contributed by atoms with Crippen molar-refractivity contribution in [3.05, 3.63) is 93.7 Å². The summed E-state index contributed by atoms with van der Waals surface area (Å²) in [4.78, 5) is 26.4. The number of halogens is 2. The number of unbranched alkanes of at least 4 members (excludes halogenated alkanes) is 4. The van der Waals surface area contributed by atoms with Gasteiger partial charge in [-0.05, 0) is 30.7 Å². The number of anilines is 1. The van der Waals surface area contributed by atoms with Crippen molar-refractivity contribution in [3.8, 4) is 5.75 Å². The molecule has 7 heteroatoms. The lowest BCUT2D eigenvalue weighted by atomic mass is 10.1. The molecule has 0 radical (unpaired) electrons. The predicted octanol–water partition coefficient (Wildman–Crippen LogP) is 8.57. The summed E-state index contributed by atoms with van der Waals surface area (Å²) in [5.41, 5.74) is 1.48. The second-order valence-corrected chi connectivity index (χ2v) is 9.30. The number of para-hydroxylation sites is 1. The van der Waals surface area contributed by atoms with Crippen LogP contribution in [0.2, 0.25) is 10.0 Å². The Hall–Kier alpha value is -3.28. The van der Waals surface area contributed by atoms with E-state index in [1.165, 1.54) is 25.0 Å². The van der Waals surface area contributed by atoms with Gasteiger partial charge in [0.25, 0.3) is 5.91 Å². The van der Waals surface area contributed by atoms with E-state index in [1.807, 2.05) is 12.1 Å². The molecule has 186 valence electrons. The molecule has 0 fully saturated rings. The molecule has 36 heavy (non-hydrogen) atoms. The lowest BCUT2D eigenvalue weighted by Crippen LogP contribution is -2.14. The van der Waals surface area contributed by atoms with E-state index < -0.39 is 5.91 Å². The number of benzene rings is 3. The Morgan fingerprint density at radius 2 is 1.53 bits per heavy atom. The van der Waals surface area contributed by atoms with Crippen LogP contribution in [0.3, 0.4) is 0 Å². The fourth-order valence-electron chi connectivity index (χ4n) is 3.94. The first-order valence-electron chi connectivity index (χ1n) is 12.0. The van der Waals surface area contributed by atoms with Crippen molar-refractivity contribution >= 4 is 51.5 Å². The zero-order chi connectivity index (χ0) is 25.5. The third-order valence-electron chi connectivity index (χ3n) is 5.83. The summed E-state index contributed by atoms with van der Waals surface area (Å²) >= 11 is 12.8. The van der Waals surface area contributed by atoms with Gasteiger partial charge in [0.05, 0.1) is 22.3 Å². The molecule has 0 saturated carbocycles. The fraction of sp³-hybridized carbons (Fsp3) is 0.241. The summed E-state index contributed by atoms with van der Waals surface area (Å²) in [5.74, 6) is -0.394. The molecule has 0 aliphatic heterocycles. The summed E-state index contributed by atoms with van der Waals surface area (Å²) < 4.78 is 11.7. The van der Waals surface area contributed by atoms with Crippen LogP contribution in [-0.4, -0.2) is 18.3 Å². The van der Waals surface area contributed by atoms with E-state index in [0.717, 1.165) is 19.3 Å². The molecule has 0 saturated heterocycles. The number of carbonyl (C=O) groups excluding carboxylic acids is 2. The zero-order valence-corrected chi connectivity index (χ0v) is 21.5. The first-order valence-corrected chi connectivity index (χ1v) is 12.8. The average Bonchev–Trinajstić information content (AvgIpc) is 3.25. The Bertz CT molecular complexity index is 1340. The zero-order valence-electron chi connectivity index (χ0n) is 20.0. The van der Waals surface area contributed by atoms with Gasteiger partial charge in [-0.3, -0.25) is 9.59 Å². The van der Waals surface area contributed by atoms with Crippen LogP contribution in [0.25, 0.3) is 11.0 Å². The van der Waals surface area contributed by atoms with Crippen molar-refractivity contribution in [1.82, 2.24) is 0 Å². The number of rotatable bonds is 11. The minimum absolute atomic E-state index is 0.0518. The Morgan fingerprint density at radius 1 is 0.861 bits per heavy atom. The minimum Gasteiger partial charge on any atom is -0.490 e. The number of hydrogen-bond acceptors (Lipinski definition) is 4. The van der Waals surface area contributed by atoms with Gasteiger partial charge in [-0.25, -0.2) is 0 Å². The topological polar surface area (TPSA) is 68.5 Å². The summed E-state index contributed by atoms with van der Waals surface area (Å²) in [7, 11) is 0. The number of hydrogen-bond donors (Lipinski definition) is 1. The van der Waals surface area contributed by atoms with Crippen molar-refractivity contribution in [2.75, 3.05) is 11.9 Å². The third-order valence-corrected chi connectivity index (χ3v) is 6.39. The van der Waals surface area contributed by atoms with Gasteiger partial charge in [-0.1, -0.05) is 98.3 Å². The smallest absolute Gasteiger partial charge is 0.255 e. The van der Waals surface area contributed by atoms with Crippen LogP contribution in [0, 0.1) is 0 Å². The highest BCUT2D eigenvalue weighted by atomic mass is 35.5. The second-order valence-electron chi connectivity index (χ2n) is 8.48. The maximum atomic E-state index is 13.2. The monoisotopic (exact) mass is 523 g/mol. The molecule has 4 aromatic rings. The van der Waals surface area contributed by atoms with Crippen LogP contribution in [-0.2, 0) is 0 Å². The lowest BCUT2D eigenvalue weighted by Gasteiger charge is -2.12. The van der Waals surface area contributed by atoms with Crippen molar-refractivity contribution in [3.63, 3.8) is 0 Å². The van der Waals surface area contributed by atoms with Crippen LogP contribution in [0.15, 0.2) is 71.1 Å². The highest BCUT2D eigenvalue weighted by molar-refractivity contribution is 6.38. The number of ether oxygens (including phenoxy) is 1. The lowest BCUT2D eigenvalue weighted by molar-refractivity contribution is 0.101. The number of amides is 1. The number of nitrogens with one attached hydrogen (secondary N) is 1. The second kappa shape index (κ2) is 12.1. The Balaban J connectivity index is 1.56. The molecular weight excluding hydrogens is 497 g/mol. The standard InChI is InChI=1S/C29H27Cl2NO4/c1-2-3-4-5-11-16-35-27-22(30)17-20(18-23(27)31)29(34)32-25-21-14-9-10-15-24(21)36-28(25)26(33)19-12-7-6-8-13-19/h6-10,12-15,17-18H,2-5,11,16H2,1H3,(H,32,34). The van der Waals surface area contributed by atoms with Crippen LogP contribution in [0.4, 0.5) is 5.69 Å². The molecule has 0 spiro atoms. The molecular formula is C29H27Cl2NO4. The summed E-state index contributed by atoms with van der Waals surface area (Å²) in [5, 5.41) is 3.95. The van der Waals surface area contributed by atoms with Gasteiger partial charge in [0.1, 0.15) is 5.58 Å². The largest absolute Gasteiger partial charge is 0.490 e. The first-order chi connectivity index (χ1) is 17.5. The fourth-order valence-corrected chi connectivity index (χ4v) is 4.54. The Morgan fingerprint density at radius 3 is 2.25 bits per heavy atom. The highest BCUT2D eigenvalue weighted by Crippen LogP contribution is 2.36. The maximum absolute atomic E-state index is 13.2. The normalized spacial score (nSPS) is 11.0. The van der Waals surface area contributed by atoms with Gasteiger partial charge in [-0.2, -0.15) is 0 Å². The number of carbonyl (C=O) groups is 2. The average molecular weight is 524 g/mol. The highest BCUT2D eigenvalue weighted by Gasteiger charge is 2.24. The summed E-state index contributed by atoms with van der Waals surface area (Å²) in [6, 6.07) is 18.9. The van der Waals surface area contributed by atoms with Crippen molar-refractivity contribution in [1.29, 1.82) is 0 Å². The van der Waals surface area contributed by atoms with E-state index in [4.69, 9.17) is 32.4 Å². The molecule has 5 nitrogen and oxygen atoms in total. The minimum atomic E-state index is -0.474. The van der Waals surface area contributed by atoms with Gasteiger partial charge in [0, 0.05) is 16.5 Å². The van der Waals surface area contributed by atoms with Gasteiger partial charge in [0.15, 0.2) is 11.5 Å². The molecule has 0 unspecified atom stereocenters. The molecule has 1 aromatic heterocycles. The number of ketones is 1. The molecule has 0 aliphatic carbocycles.